The van der Waals surface area contributed by atoms with E-state index >= 15 is 0 Å². The maximum atomic E-state index is 14.7. The molecule has 1 aromatic heterocycles. The Kier molecular flexibility index (Phi) is 12.1. The lowest BCUT2D eigenvalue weighted by molar-refractivity contribution is -0.137. The van der Waals surface area contributed by atoms with Gasteiger partial charge in [0.2, 0.25) is 11.9 Å². The number of hydrogen-bond acceptors (Lipinski definition) is 9. The molecule has 42 heavy (non-hydrogen) atoms. The zero-order valence-electron chi connectivity index (χ0n) is 23.8. The summed E-state index contributed by atoms with van der Waals surface area (Å²) in [6, 6.07) is 4.65. The molecule has 0 radical (unpaired) electrons. The van der Waals surface area contributed by atoms with Gasteiger partial charge in [-0.25, -0.2) is 14.4 Å². The van der Waals surface area contributed by atoms with Crippen LogP contribution in [0.15, 0.2) is 30.6 Å². The molecular weight excluding hydrogens is 567 g/mol. The van der Waals surface area contributed by atoms with Crippen LogP contribution in [0.2, 0.25) is 5.02 Å². The van der Waals surface area contributed by atoms with Crippen LogP contribution in [-0.2, 0) is 11.2 Å². The molecule has 2 saturated heterocycles. The van der Waals surface area contributed by atoms with Gasteiger partial charge in [0.05, 0.1) is 55.4 Å². The molecule has 12 heteroatoms. The van der Waals surface area contributed by atoms with Crippen LogP contribution in [0.5, 0.6) is 5.75 Å². The van der Waals surface area contributed by atoms with Crippen molar-refractivity contribution in [3.63, 3.8) is 0 Å². The van der Waals surface area contributed by atoms with Crippen molar-refractivity contribution < 1.29 is 34.3 Å². The van der Waals surface area contributed by atoms with Crippen LogP contribution in [0, 0.1) is 17.7 Å². The van der Waals surface area contributed by atoms with Crippen LogP contribution in [0.4, 0.5) is 10.3 Å². The van der Waals surface area contributed by atoms with Gasteiger partial charge in [-0.1, -0.05) is 17.7 Å². The fourth-order valence-electron chi connectivity index (χ4n) is 5.55. The number of hydrogen-bond donors (Lipinski definition) is 4. The summed E-state index contributed by atoms with van der Waals surface area (Å²) in [5.41, 5.74) is 0.327. The summed E-state index contributed by atoms with van der Waals surface area (Å²) in [6.07, 6.45) is 4.92. The van der Waals surface area contributed by atoms with Crippen molar-refractivity contribution >= 4 is 23.5 Å². The number of aliphatic hydroxyl groups is 4. The third kappa shape index (κ3) is 9.47. The molecule has 232 valence electrons. The van der Waals surface area contributed by atoms with Gasteiger partial charge in [-0.3, -0.25) is 4.79 Å². The molecule has 3 atom stereocenters. The van der Waals surface area contributed by atoms with Crippen molar-refractivity contribution in [3.8, 4) is 5.75 Å². The molecule has 2 aliphatic heterocycles. The van der Waals surface area contributed by atoms with Crippen LogP contribution in [-0.4, -0.2) is 98.9 Å². The monoisotopic (exact) mass is 608 g/mol. The lowest BCUT2D eigenvalue weighted by atomic mass is 9.91. The van der Waals surface area contributed by atoms with Crippen LogP contribution in [0.25, 0.3) is 0 Å². The van der Waals surface area contributed by atoms with E-state index < -0.39 is 30.7 Å². The summed E-state index contributed by atoms with van der Waals surface area (Å²) in [4.78, 5) is 25.1. The maximum Gasteiger partial charge on any atom is 0.227 e. The van der Waals surface area contributed by atoms with Gasteiger partial charge in [-0.15, -0.1) is 0 Å². The number of ether oxygens (including phenoxy) is 1. The molecule has 1 aromatic carbocycles. The molecule has 2 aromatic rings. The van der Waals surface area contributed by atoms with Gasteiger partial charge in [0.15, 0.2) is 0 Å². The highest BCUT2D eigenvalue weighted by molar-refractivity contribution is 6.30. The van der Waals surface area contributed by atoms with Gasteiger partial charge < -0.3 is 35.0 Å². The van der Waals surface area contributed by atoms with Gasteiger partial charge in [-0.2, -0.15) is 0 Å². The molecule has 4 N–H and O–H groups in total. The van der Waals surface area contributed by atoms with Crippen LogP contribution >= 0.6 is 11.6 Å². The first-order chi connectivity index (χ1) is 20.2. The van der Waals surface area contributed by atoms with E-state index in [1.807, 2.05) is 0 Å². The normalized spacial score (nSPS) is 18.4. The zero-order chi connectivity index (χ0) is 30.1. The third-order valence-electron chi connectivity index (χ3n) is 8.24. The van der Waals surface area contributed by atoms with E-state index in [1.54, 1.807) is 29.4 Å². The average Bonchev–Trinajstić information content (AvgIpc) is 2.96. The summed E-state index contributed by atoms with van der Waals surface area (Å²) in [7, 11) is 0. The summed E-state index contributed by atoms with van der Waals surface area (Å²) in [5.74, 6) is 1.35. The smallest absolute Gasteiger partial charge is 0.227 e. The number of benzene rings is 1. The predicted molar refractivity (Wildman–Crippen MR) is 156 cm³/mol. The number of halogens is 2. The number of anilines is 1. The van der Waals surface area contributed by atoms with Gasteiger partial charge >= 0.3 is 0 Å². The lowest BCUT2D eigenvalue weighted by Crippen LogP contribution is -2.50. The Bertz CT molecular complexity index is 1130. The van der Waals surface area contributed by atoms with Crippen molar-refractivity contribution in [1.82, 2.24) is 14.9 Å². The molecule has 0 saturated carbocycles. The van der Waals surface area contributed by atoms with Crippen LogP contribution in [0.3, 0.4) is 0 Å². The summed E-state index contributed by atoms with van der Waals surface area (Å²) >= 11 is 5.87. The Labute approximate surface area is 251 Å². The Hall–Kier alpha value is -2.57. The van der Waals surface area contributed by atoms with E-state index in [0.29, 0.717) is 60.7 Å². The Morgan fingerprint density at radius 3 is 2.45 bits per heavy atom. The number of rotatable bonds is 15. The summed E-state index contributed by atoms with van der Waals surface area (Å²) in [6.45, 7) is 2.89. The van der Waals surface area contributed by atoms with Gasteiger partial charge in [-0.05, 0) is 62.0 Å². The number of carbonyl (C=O) groups excluding carboxylic acids is 1. The maximum absolute atomic E-state index is 14.7. The molecule has 0 unspecified atom stereocenters. The highest BCUT2D eigenvalue weighted by atomic mass is 35.5. The second-order valence-electron chi connectivity index (χ2n) is 11.5. The van der Waals surface area contributed by atoms with Gasteiger partial charge in [0, 0.05) is 38.7 Å². The van der Waals surface area contributed by atoms with Crippen molar-refractivity contribution in [1.29, 1.82) is 0 Å². The highest BCUT2D eigenvalue weighted by Crippen LogP contribution is 2.26. The molecule has 2 aliphatic rings. The number of aliphatic hydroxyl groups excluding tert-OH is 4. The van der Waals surface area contributed by atoms with E-state index in [9.17, 15) is 24.5 Å². The topological polar surface area (TPSA) is 139 Å². The molecule has 0 spiro atoms. The zero-order valence-corrected chi connectivity index (χ0v) is 24.6. The molecule has 2 fully saturated rings. The Morgan fingerprint density at radius 1 is 1.07 bits per heavy atom. The Balaban J connectivity index is 1.09. The SMILES string of the molecule is O=C(Cc1ccc(OCCCC2CCN(c3ncc(Cl)cn3)CC2)cc1F)N1CC(CC[C@H](O)[C@H](O)C[C@H](O)CO)C1. The van der Waals surface area contributed by atoms with E-state index in [0.717, 1.165) is 38.8 Å². The predicted octanol–water partition coefficient (Wildman–Crippen LogP) is 2.59. The largest absolute Gasteiger partial charge is 0.493 e. The first kappa shape index (κ1) is 32.3. The number of likely N-dealkylation sites (tertiary alicyclic amines) is 1. The standard InChI is InChI=1S/C30H42ClFN4O6/c31-23-15-33-30(34-16-23)35-9-7-20(8-10-35)2-1-11-42-25-5-4-22(26(32)14-25)12-29(41)36-17-21(18-36)3-6-27(39)28(40)13-24(38)19-37/h4-5,14-16,20-21,24,27-28,37-40H,1-3,6-13,17-19H2/t24-,27-,28+/m0/s1. The molecule has 0 bridgehead atoms. The van der Waals surface area contributed by atoms with Crippen LogP contribution < -0.4 is 9.64 Å². The van der Waals surface area contributed by atoms with E-state index in [4.69, 9.17) is 21.4 Å². The minimum absolute atomic E-state index is 0.0288. The second-order valence-corrected chi connectivity index (χ2v) is 11.9. The van der Waals surface area contributed by atoms with Crippen molar-refractivity contribution in [2.24, 2.45) is 11.8 Å². The van der Waals surface area contributed by atoms with Crippen molar-refractivity contribution in [2.45, 2.75) is 69.7 Å². The third-order valence-corrected chi connectivity index (χ3v) is 8.44. The number of piperidine rings is 1. The quantitative estimate of drug-likeness (QED) is 0.225. The molecule has 10 nitrogen and oxygen atoms in total. The first-order valence-electron chi connectivity index (χ1n) is 14.8. The molecule has 0 aliphatic carbocycles. The van der Waals surface area contributed by atoms with E-state index in [2.05, 4.69) is 14.9 Å². The van der Waals surface area contributed by atoms with E-state index in [1.165, 1.54) is 6.07 Å². The summed E-state index contributed by atoms with van der Waals surface area (Å²) in [5, 5.41) is 38.7. The number of amides is 1. The second kappa shape index (κ2) is 15.8. The molecule has 1 amide bonds. The molecular formula is C30H42ClFN4O6. The minimum Gasteiger partial charge on any atom is -0.493 e. The van der Waals surface area contributed by atoms with Crippen molar-refractivity contribution in [3.05, 3.63) is 47.0 Å². The highest BCUT2D eigenvalue weighted by Gasteiger charge is 2.32. The lowest BCUT2D eigenvalue weighted by Gasteiger charge is -2.40. The molecule has 3 heterocycles. The van der Waals surface area contributed by atoms with E-state index in [-0.39, 0.29) is 24.7 Å². The fourth-order valence-corrected chi connectivity index (χ4v) is 5.65. The first-order valence-corrected chi connectivity index (χ1v) is 15.2. The number of nitrogens with zero attached hydrogens (tertiary/aromatic N) is 4. The minimum atomic E-state index is -1.11. The Morgan fingerprint density at radius 2 is 1.79 bits per heavy atom. The summed E-state index contributed by atoms with van der Waals surface area (Å²) < 4.78 is 20.5. The average molecular weight is 609 g/mol. The number of aromatic nitrogens is 2. The number of carbonyl (C=O) groups is 1. The fraction of sp³-hybridized carbons (Fsp3) is 0.633. The van der Waals surface area contributed by atoms with Crippen molar-refractivity contribution in [2.75, 3.05) is 44.3 Å². The van der Waals surface area contributed by atoms with Crippen LogP contribution in [0.1, 0.15) is 50.5 Å². The molecule has 4 rings (SSSR count). The van der Waals surface area contributed by atoms with Gasteiger partial charge in [0.1, 0.15) is 11.6 Å². The van der Waals surface area contributed by atoms with Gasteiger partial charge in [0.25, 0.3) is 0 Å².